The van der Waals surface area contributed by atoms with Gasteiger partial charge < -0.3 is 5.32 Å². The van der Waals surface area contributed by atoms with Crippen molar-refractivity contribution in [1.29, 1.82) is 0 Å². The molecule has 3 rings (SSSR count). The summed E-state index contributed by atoms with van der Waals surface area (Å²) >= 11 is 3.53. The second-order valence-electron chi connectivity index (χ2n) is 5.42. The molecule has 21 heavy (non-hydrogen) atoms. The van der Waals surface area contributed by atoms with Gasteiger partial charge in [-0.05, 0) is 60.3 Å². The van der Waals surface area contributed by atoms with Gasteiger partial charge in [0.25, 0.3) is 0 Å². The van der Waals surface area contributed by atoms with Gasteiger partial charge in [-0.15, -0.1) is 0 Å². The first-order chi connectivity index (χ1) is 10.1. The van der Waals surface area contributed by atoms with E-state index in [4.69, 9.17) is 0 Å². The molecule has 1 fully saturated rings. The van der Waals surface area contributed by atoms with Crippen LogP contribution < -0.4 is 5.32 Å². The second-order valence-corrected chi connectivity index (χ2v) is 6.28. The smallest absolute Gasteiger partial charge is 0.123 e. The molecule has 0 aliphatic carbocycles. The maximum atomic E-state index is 13.6. The molecule has 2 aromatic rings. The van der Waals surface area contributed by atoms with Gasteiger partial charge in [0.2, 0.25) is 0 Å². The highest BCUT2D eigenvalue weighted by Crippen LogP contribution is 2.40. The largest absolute Gasteiger partial charge is 0.316 e. The molecule has 2 aromatic carbocycles. The van der Waals surface area contributed by atoms with Crippen molar-refractivity contribution < 1.29 is 8.78 Å². The molecule has 110 valence electrons. The topological polar surface area (TPSA) is 12.0 Å². The molecular weight excluding hydrogens is 336 g/mol. The zero-order valence-electron chi connectivity index (χ0n) is 11.5. The molecular formula is C17H16BrF2N. The Morgan fingerprint density at radius 1 is 0.952 bits per heavy atom. The number of piperidine rings is 1. The van der Waals surface area contributed by atoms with Gasteiger partial charge in [-0.2, -0.15) is 0 Å². The van der Waals surface area contributed by atoms with Crippen LogP contribution in [0.5, 0.6) is 0 Å². The number of nitrogens with one attached hydrogen (secondary N) is 1. The van der Waals surface area contributed by atoms with Gasteiger partial charge in [-0.25, -0.2) is 8.78 Å². The monoisotopic (exact) mass is 351 g/mol. The van der Waals surface area contributed by atoms with Crippen molar-refractivity contribution in [1.82, 2.24) is 5.32 Å². The number of hydrogen-bond donors (Lipinski definition) is 1. The van der Waals surface area contributed by atoms with Gasteiger partial charge in [-0.1, -0.05) is 28.1 Å². The zero-order chi connectivity index (χ0) is 14.8. The number of benzene rings is 2. The summed E-state index contributed by atoms with van der Waals surface area (Å²) in [7, 11) is 0. The molecule has 4 heteroatoms. The Kier molecular flexibility index (Phi) is 4.36. The van der Waals surface area contributed by atoms with Crippen molar-refractivity contribution in [2.75, 3.05) is 13.1 Å². The maximum Gasteiger partial charge on any atom is 0.123 e. The van der Waals surface area contributed by atoms with Gasteiger partial charge in [0.1, 0.15) is 11.6 Å². The van der Waals surface area contributed by atoms with Gasteiger partial charge >= 0.3 is 0 Å². The Bertz CT molecular complexity index is 627. The van der Waals surface area contributed by atoms with Crippen LogP contribution >= 0.6 is 15.9 Å². The fourth-order valence-electron chi connectivity index (χ4n) is 3.09. The molecule has 1 nitrogen and oxygen atoms in total. The SMILES string of the molecule is Fc1ccc(C2CNCCC2c2cc(F)ccc2Br)cc1. The van der Waals surface area contributed by atoms with Crippen LogP contribution in [0.1, 0.15) is 29.4 Å². The highest BCUT2D eigenvalue weighted by Gasteiger charge is 2.29. The Labute approximate surface area is 131 Å². The lowest BCUT2D eigenvalue weighted by Gasteiger charge is -2.33. The minimum atomic E-state index is -0.231. The summed E-state index contributed by atoms with van der Waals surface area (Å²) in [6.07, 6.45) is 0.935. The molecule has 0 spiro atoms. The van der Waals surface area contributed by atoms with E-state index in [9.17, 15) is 8.78 Å². The highest BCUT2D eigenvalue weighted by atomic mass is 79.9. The van der Waals surface area contributed by atoms with Crippen LogP contribution in [-0.4, -0.2) is 13.1 Å². The number of rotatable bonds is 2. The predicted octanol–water partition coefficient (Wildman–Crippen LogP) is 4.59. The van der Waals surface area contributed by atoms with Crippen LogP contribution in [0.25, 0.3) is 0 Å². The lowest BCUT2D eigenvalue weighted by molar-refractivity contribution is 0.401. The molecule has 0 radical (unpaired) electrons. The molecule has 1 saturated heterocycles. The van der Waals surface area contributed by atoms with E-state index in [-0.39, 0.29) is 23.5 Å². The first-order valence-corrected chi connectivity index (χ1v) is 7.85. The number of hydrogen-bond acceptors (Lipinski definition) is 1. The summed E-state index contributed by atoms with van der Waals surface area (Å²) in [5, 5.41) is 3.38. The molecule has 2 unspecified atom stereocenters. The Morgan fingerprint density at radius 3 is 2.43 bits per heavy atom. The van der Waals surface area contributed by atoms with E-state index >= 15 is 0 Å². The fourth-order valence-corrected chi connectivity index (χ4v) is 3.63. The lowest BCUT2D eigenvalue weighted by atomic mass is 9.77. The van der Waals surface area contributed by atoms with Gasteiger partial charge in [0.05, 0.1) is 0 Å². The standard InChI is InChI=1S/C17H16BrF2N/c18-17-6-5-13(20)9-15(17)14-7-8-21-10-16(14)11-1-3-12(19)4-2-11/h1-6,9,14,16,21H,7-8,10H2. The minimum Gasteiger partial charge on any atom is -0.316 e. The molecule has 0 saturated carbocycles. The molecule has 2 atom stereocenters. The van der Waals surface area contributed by atoms with E-state index < -0.39 is 0 Å². The van der Waals surface area contributed by atoms with Crippen LogP contribution in [0, 0.1) is 11.6 Å². The second kappa shape index (κ2) is 6.24. The van der Waals surface area contributed by atoms with Crippen LogP contribution in [0.2, 0.25) is 0 Å². The summed E-state index contributed by atoms with van der Waals surface area (Å²) in [6, 6.07) is 11.5. The third-order valence-electron chi connectivity index (χ3n) is 4.14. The molecule has 0 aromatic heterocycles. The quantitative estimate of drug-likeness (QED) is 0.834. The summed E-state index contributed by atoms with van der Waals surface area (Å²) in [5.74, 6) is -0.00479. The first kappa shape index (κ1) is 14.7. The average molecular weight is 352 g/mol. The predicted molar refractivity (Wildman–Crippen MR) is 83.5 cm³/mol. The van der Waals surface area contributed by atoms with Crippen molar-refractivity contribution in [3.05, 3.63) is 69.7 Å². The summed E-state index contributed by atoms with van der Waals surface area (Å²) < 4.78 is 27.7. The minimum absolute atomic E-state index is 0.218. The zero-order valence-corrected chi connectivity index (χ0v) is 13.0. The van der Waals surface area contributed by atoms with E-state index in [1.165, 1.54) is 18.2 Å². The van der Waals surface area contributed by atoms with E-state index in [0.717, 1.165) is 35.1 Å². The summed E-state index contributed by atoms with van der Waals surface area (Å²) in [4.78, 5) is 0. The van der Waals surface area contributed by atoms with Crippen LogP contribution in [0.15, 0.2) is 46.9 Å². The first-order valence-electron chi connectivity index (χ1n) is 7.06. The third kappa shape index (κ3) is 3.16. The van der Waals surface area contributed by atoms with Crippen molar-refractivity contribution in [2.24, 2.45) is 0 Å². The van der Waals surface area contributed by atoms with Crippen molar-refractivity contribution >= 4 is 15.9 Å². The molecule has 0 bridgehead atoms. The average Bonchev–Trinajstić information content (AvgIpc) is 2.51. The Morgan fingerprint density at radius 2 is 1.67 bits per heavy atom. The van der Waals surface area contributed by atoms with E-state index in [2.05, 4.69) is 21.2 Å². The van der Waals surface area contributed by atoms with Crippen molar-refractivity contribution in [3.8, 4) is 0 Å². The lowest BCUT2D eigenvalue weighted by Crippen LogP contribution is -2.34. The van der Waals surface area contributed by atoms with Crippen LogP contribution in [0.3, 0.4) is 0 Å². The molecule has 1 heterocycles. The third-order valence-corrected chi connectivity index (χ3v) is 4.86. The molecule has 1 aliphatic heterocycles. The Balaban J connectivity index is 1.98. The van der Waals surface area contributed by atoms with Gasteiger partial charge in [0, 0.05) is 16.9 Å². The summed E-state index contributed by atoms with van der Waals surface area (Å²) in [6.45, 7) is 1.73. The Hall–Kier alpha value is -1.26. The van der Waals surface area contributed by atoms with Crippen LogP contribution in [-0.2, 0) is 0 Å². The van der Waals surface area contributed by atoms with E-state index in [1.807, 2.05) is 12.1 Å². The van der Waals surface area contributed by atoms with Gasteiger partial charge in [0.15, 0.2) is 0 Å². The highest BCUT2D eigenvalue weighted by molar-refractivity contribution is 9.10. The maximum absolute atomic E-state index is 13.6. The summed E-state index contributed by atoms with van der Waals surface area (Å²) in [5.41, 5.74) is 2.08. The van der Waals surface area contributed by atoms with E-state index in [1.54, 1.807) is 12.1 Å². The van der Waals surface area contributed by atoms with E-state index in [0.29, 0.717) is 0 Å². The van der Waals surface area contributed by atoms with Crippen molar-refractivity contribution in [3.63, 3.8) is 0 Å². The number of halogens is 3. The van der Waals surface area contributed by atoms with Gasteiger partial charge in [-0.3, -0.25) is 0 Å². The fraction of sp³-hybridized carbons (Fsp3) is 0.294. The van der Waals surface area contributed by atoms with Crippen molar-refractivity contribution in [2.45, 2.75) is 18.3 Å². The molecule has 1 aliphatic rings. The van der Waals surface area contributed by atoms with Crippen LogP contribution in [0.4, 0.5) is 8.78 Å². The normalized spacial score (nSPS) is 22.2. The molecule has 0 amide bonds. The molecule has 1 N–H and O–H groups in total.